The lowest BCUT2D eigenvalue weighted by Crippen LogP contribution is -2.01. The number of hydrogen-bond donors (Lipinski definition) is 0. The van der Waals surface area contributed by atoms with Gasteiger partial charge in [-0.1, -0.05) is 224 Å². The Hall–Kier alpha value is -8.79. The number of benzene rings is 10. The molecule has 0 aliphatic heterocycles. The molecular weight excluding hydrogens is 799 g/mol. The molecule has 66 heavy (non-hydrogen) atoms. The fourth-order valence-corrected chi connectivity index (χ4v) is 8.73. The molecule has 0 amide bonds. The van der Waals surface area contributed by atoms with Gasteiger partial charge in [0.05, 0.1) is 0 Å². The van der Waals surface area contributed by atoms with E-state index in [1.54, 1.807) is 0 Å². The highest BCUT2D eigenvalue weighted by Gasteiger charge is 2.18. The standard InChI is InChI=1S/C63H43N3/c1-6-18-44(19-7-1)51-28-16-29-52(38-51)48-32-34-50(35-33-48)59-37-36-55(43-60(59)49-26-14-5-15-27-49)62-64-61(54-31-17-30-53(39-54)45-20-8-2-9-21-45)65-63(66-62)58-41-56(46-22-10-3-11-23-46)40-57(42-58)47-24-12-4-13-25-47/h1-43H. The molecule has 11 rings (SSSR count). The van der Waals surface area contributed by atoms with Crippen molar-refractivity contribution in [1.29, 1.82) is 0 Å². The average molecular weight is 842 g/mol. The van der Waals surface area contributed by atoms with E-state index in [4.69, 9.17) is 15.0 Å². The molecule has 0 N–H and O–H groups in total. The van der Waals surface area contributed by atoms with E-state index in [9.17, 15) is 0 Å². The van der Waals surface area contributed by atoms with Crippen LogP contribution in [0.3, 0.4) is 0 Å². The molecule has 3 heteroatoms. The SMILES string of the molecule is c1ccc(-c2cccc(-c3ccc(-c4ccc(-c5nc(-c6cccc(-c7ccccc7)c6)nc(-c6cc(-c7ccccc7)cc(-c7ccccc7)c6)n5)cc4-c4ccccc4)cc3)c2)cc1. The molecule has 310 valence electrons. The molecular formula is C63H43N3. The fraction of sp³-hybridized carbons (Fsp3) is 0. The van der Waals surface area contributed by atoms with Gasteiger partial charge < -0.3 is 0 Å². The smallest absolute Gasteiger partial charge is 0.164 e. The van der Waals surface area contributed by atoms with Gasteiger partial charge in [0.2, 0.25) is 0 Å². The Labute approximate surface area is 386 Å². The Bertz CT molecular complexity index is 3370. The Morgan fingerprint density at radius 1 is 0.152 bits per heavy atom. The first-order valence-electron chi connectivity index (χ1n) is 22.3. The second kappa shape index (κ2) is 18.1. The third-order valence-electron chi connectivity index (χ3n) is 12.1. The Morgan fingerprint density at radius 2 is 0.424 bits per heavy atom. The summed E-state index contributed by atoms with van der Waals surface area (Å²) in [5.74, 6) is 1.81. The van der Waals surface area contributed by atoms with Gasteiger partial charge in [0, 0.05) is 16.7 Å². The normalized spacial score (nSPS) is 11.0. The number of rotatable bonds is 10. The quantitative estimate of drug-likeness (QED) is 0.138. The summed E-state index contributed by atoms with van der Waals surface area (Å²) in [5.41, 5.74) is 18.6. The highest BCUT2D eigenvalue weighted by Crippen LogP contribution is 2.39. The van der Waals surface area contributed by atoms with Crippen LogP contribution in [0.15, 0.2) is 261 Å². The summed E-state index contributed by atoms with van der Waals surface area (Å²) in [6.07, 6.45) is 0. The van der Waals surface area contributed by atoms with Crippen molar-refractivity contribution in [2.45, 2.75) is 0 Å². The average Bonchev–Trinajstić information content (AvgIpc) is 3.42. The molecule has 0 atom stereocenters. The van der Waals surface area contributed by atoms with E-state index in [1.165, 1.54) is 22.3 Å². The predicted molar refractivity (Wildman–Crippen MR) is 274 cm³/mol. The summed E-state index contributed by atoms with van der Waals surface area (Å²) in [5, 5.41) is 0. The molecule has 0 saturated carbocycles. The second-order valence-electron chi connectivity index (χ2n) is 16.4. The lowest BCUT2D eigenvalue weighted by atomic mass is 9.91. The molecule has 0 bridgehead atoms. The van der Waals surface area contributed by atoms with Crippen molar-refractivity contribution in [3.8, 4) is 112 Å². The van der Waals surface area contributed by atoms with Gasteiger partial charge in [-0.3, -0.25) is 0 Å². The number of hydrogen-bond acceptors (Lipinski definition) is 3. The fourth-order valence-electron chi connectivity index (χ4n) is 8.73. The minimum Gasteiger partial charge on any atom is -0.208 e. The van der Waals surface area contributed by atoms with Gasteiger partial charge >= 0.3 is 0 Å². The van der Waals surface area contributed by atoms with Gasteiger partial charge in [-0.15, -0.1) is 0 Å². The van der Waals surface area contributed by atoms with Crippen LogP contribution in [0.2, 0.25) is 0 Å². The van der Waals surface area contributed by atoms with Crippen LogP contribution in [-0.4, -0.2) is 15.0 Å². The third-order valence-corrected chi connectivity index (χ3v) is 12.1. The lowest BCUT2D eigenvalue weighted by molar-refractivity contribution is 1.07. The van der Waals surface area contributed by atoms with Crippen LogP contribution in [0.1, 0.15) is 0 Å². The molecule has 0 unspecified atom stereocenters. The highest BCUT2D eigenvalue weighted by atomic mass is 15.0. The van der Waals surface area contributed by atoms with Crippen molar-refractivity contribution in [3.05, 3.63) is 261 Å². The van der Waals surface area contributed by atoms with E-state index in [0.29, 0.717) is 17.5 Å². The van der Waals surface area contributed by atoms with Crippen LogP contribution in [0.4, 0.5) is 0 Å². The van der Waals surface area contributed by atoms with Crippen LogP contribution < -0.4 is 0 Å². The van der Waals surface area contributed by atoms with Crippen molar-refractivity contribution in [2.75, 3.05) is 0 Å². The van der Waals surface area contributed by atoms with Gasteiger partial charge in [0.15, 0.2) is 17.5 Å². The van der Waals surface area contributed by atoms with Crippen LogP contribution >= 0.6 is 0 Å². The van der Waals surface area contributed by atoms with Crippen molar-refractivity contribution in [2.24, 2.45) is 0 Å². The molecule has 0 fully saturated rings. The maximum absolute atomic E-state index is 5.34. The third kappa shape index (κ3) is 8.49. The van der Waals surface area contributed by atoms with Gasteiger partial charge in [0.25, 0.3) is 0 Å². The Balaban J connectivity index is 1.05. The van der Waals surface area contributed by atoms with E-state index in [-0.39, 0.29) is 0 Å². The molecule has 11 aromatic rings. The zero-order valence-corrected chi connectivity index (χ0v) is 36.2. The number of aromatic nitrogens is 3. The van der Waals surface area contributed by atoms with Crippen molar-refractivity contribution in [1.82, 2.24) is 15.0 Å². The minimum atomic E-state index is 0.601. The topological polar surface area (TPSA) is 38.7 Å². The molecule has 10 aromatic carbocycles. The van der Waals surface area contributed by atoms with Crippen molar-refractivity contribution in [3.63, 3.8) is 0 Å². The van der Waals surface area contributed by atoms with E-state index < -0.39 is 0 Å². The monoisotopic (exact) mass is 841 g/mol. The lowest BCUT2D eigenvalue weighted by Gasteiger charge is -2.15. The Morgan fingerprint density at radius 3 is 0.894 bits per heavy atom. The molecule has 0 spiro atoms. The molecule has 0 radical (unpaired) electrons. The summed E-state index contributed by atoms with van der Waals surface area (Å²) in [6.45, 7) is 0. The van der Waals surface area contributed by atoms with Crippen molar-refractivity contribution >= 4 is 0 Å². The summed E-state index contributed by atoms with van der Waals surface area (Å²) >= 11 is 0. The second-order valence-corrected chi connectivity index (χ2v) is 16.4. The van der Waals surface area contributed by atoms with Gasteiger partial charge in [0.1, 0.15) is 0 Å². The van der Waals surface area contributed by atoms with Crippen LogP contribution in [0.25, 0.3) is 112 Å². The van der Waals surface area contributed by atoms with Gasteiger partial charge in [-0.05, 0) is 114 Å². The number of nitrogens with zero attached hydrogens (tertiary/aromatic N) is 3. The molecule has 1 aromatic heterocycles. The summed E-state index contributed by atoms with van der Waals surface area (Å²) in [6, 6.07) is 92.0. The van der Waals surface area contributed by atoms with Crippen LogP contribution in [-0.2, 0) is 0 Å². The molecule has 3 nitrogen and oxygen atoms in total. The molecule has 0 aliphatic rings. The zero-order valence-electron chi connectivity index (χ0n) is 36.2. The first kappa shape index (κ1) is 40.0. The van der Waals surface area contributed by atoms with E-state index in [2.05, 4.69) is 255 Å². The largest absolute Gasteiger partial charge is 0.208 e. The van der Waals surface area contributed by atoms with Gasteiger partial charge in [-0.2, -0.15) is 0 Å². The summed E-state index contributed by atoms with van der Waals surface area (Å²) in [7, 11) is 0. The highest BCUT2D eigenvalue weighted by molar-refractivity contribution is 5.88. The molecule has 0 aliphatic carbocycles. The van der Waals surface area contributed by atoms with E-state index >= 15 is 0 Å². The first-order chi connectivity index (χ1) is 32.7. The zero-order chi connectivity index (χ0) is 44.1. The first-order valence-corrected chi connectivity index (χ1v) is 22.3. The minimum absolute atomic E-state index is 0.601. The van der Waals surface area contributed by atoms with E-state index in [1.807, 2.05) is 6.07 Å². The van der Waals surface area contributed by atoms with Crippen LogP contribution in [0, 0.1) is 0 Å². The van der Waals surface area contributed by atoms with Crippen LogP contribution in [0.5, 0.6) is 0 Å². The molecule has 0 saturated heterocycles. The van der Waals surface area contributed by atoms with Gasteiger partial charge in [-0.25, -0.2) is 15.0 Å². The maximum Gasteiger partial charge on any atom is 0.164 e. The maximum atomic E-state index is 5.34. The molecule has 1 heterocycles. The van der Waals surface area contributed by atoms with Crippen molar-refractivity contribution < 1.29 is 0 Å². The summed E-state index contributed by atoms with van der Waals surface area (Å²) < 4.78 is 0. The Kier molecular flexibility index (Phi) is 11.0. The summed E-state index contributed by atoms with van der Waals surface area (Å²) in [4.78, 5) is 15.9. The van der Waals surface area contributed by atoms with E-state index in [0.717, 1.165) is 72.3 Å². The predicted octanol–water partition coefficient (Wildman–Crippen LogP) is 16.5.